The summed E-state index contributed by atoms with van der Waals surface area (Å²) in [6, 6.07) is 7.91. The van der Waals surface area contributed by atoms with Gasteiger partial charge in [0.1, 0.15) is 0 Å². The number of unbranched alkanes of at least 4 members (excludes halogenated alkanes) is 1. The highest BCUT2D eigenvalue weighted by Crippen LogP contribution is 2.18. The van der Waals surface area contributed by atoms with Crippen LogP contribution in [0.1, 0.15) is 40.0 Å². The average molecular weight is 397 g/mol. The number of sulfonamides is 1. The molecular weight excluding hydrogens is 364 g/mol. The minimum Gasteiger partial charge on any atom is -0.369 e. The Hall–Kier alpha value is -1.64. The summed E-state index contributed by atoms with van der Waals surface area (Å²) < 4.78 is 25.6. The molecule has 1 fully saturated rings. The van der Waals surface area contributed by atoms with Crippen molar-refractivity contribution in [1.29, 1.82) is 0 Å². The van der Waals surface area contributed by atoms with Crippen molar-refractivity contribution in [3.05, 3.63) is 24.3 Å². The lowest BCUT2D eigenvalue weighted by molar-refractivity contribution is -0.116. The third-order valence-corrected chi connectivity index (χ3v) is 6.76. The van der Waals surface area contributed by atoms with E-state index < -0.39 is 14.8 Å². The van der Waals surface area contributed by atoms with Crippen molar-refractivity contribution in [2.24, 2.45) is 0 Å². The van der Waals surface area contributed by atoms with Crippen LogP contribution in [0.4, 0.5) is 11.4 Å². The normalized spacial score (nSPS) is 15.6. The lowest BCUT2D eigenvalue weighted by atomic mass is 10.2. The zero-order valence-electron chi connectivity index (χ0n) is 16.5. The van der Waals surface area contributed by atoms with Gasteiger partial charge in [-0.05, 0) is 57.9 Å². The Morgan fingerprint density at radius 1 is 1.11 bits per heavy atom. The molecule has 7 nitrogen and oxygen atoms in total. The van der Waals surface area contributed by atoms with E-state index in [1.165, 1.54) is 5.69 Å². The summed E-state index contributed by atoms with van der Waals surface area (Å²) in [6.07, 6.45) is 1.64. The molecule has 1 saturated heterocycles. The number of piperazine rings is 1. The number of hydrogen-bond donors (Lipinski definition) is 3. The van der Waals surface area contributed by atoms with Gasteiger partial charge in [0.2, 0.25) is 15.9 Å². The molecule has 1 aliphatic rings. The molecule has 2 rings (SSSR count). The van der Waals surface area contributed by atoms with Crippen LogP contribution in [0.3, 0.4) is 0 Å². The first-order valence-electron chi connectivity index (χ1n) is 9.54. The summed E-state index contributed by atoms with van der Waals surface area (Å²) in [4.78, 5) is 14.4. The largest absolute Gasteiger partial charge is 0.369 e. The molecule has 27 heavy (non-hydrogen) atoms. The number of nitrogens with zero attached hydrogens (tertiary/aromatic N) is 1. The maximum Gasteiger partial charge on any atom is 0.224 e. The van der Waals surface area contributed by atoms with Gasteiger partial charge in [-0.15, -0.1) is 0 Å². The molecule has 0 unspecified atom stereocenters. The molecule has 0 bridgehead atoms. The Kier molecular flexibility index (Phi) is 7.64. The topological polar surface area (TPSA) is 90.5 Å². The zero-order chi connectivity index (χ0) is 19.9. The van der Waals surface area contributed by atoms with E-state index in [-0.39, 0.29) is 5.91 Å². The molecule has 1 aliphatic heterocycles. The van der Waals surface area contributed by atoms with Gasteiger partial charge in [-0.2, -0.15) is 0 Å². The SMILES string of the molecule is CC(C)(C)S(=O)(=O)NCCCCC(=O)Nc1ccc(N2CCNCC2)cc1. The number of amides is 1. The molecule has 152 valence electrons. The molecule has 1 heterocycles. The number of hydrogen-bond acceptors (Lipinski definition) is 5. The monoisotopic (exact) mass is 396 g/mol. The lowest BCUT2D eigenvalue weighted by Crippen LogP contribution is -2.43. The Labute approximate surface area is 163 Å². The van der Waals surface area contributed by atoms with Crippen molar-refractivity contribution in [1.82, 2.24) is 10.0 Å². The fourth-order valence-corrected chi connectivity index (χ4v) is 3.58. The van der Waals surface area contributed by atoms with Gasteiger partial charge in [-0.1, -0.05) is 0 Å². The van der Waals surface area contributed by atoms with Crippen molar-refractivity contribution in [3.63, 3.8) is 0 Å². The number of benzene rings is 1. The Morgan fingerprint density at radius 3 is 2.33 bits per heavy atom. The smallest absolute Gasteiger partial charge is 0.224 e. The van der Waals surface area contributed by atoms with Gasteiger partial charge >= 0.3 is 0 Å². The number of carbonyl (C=O) groups excluding carboxylic acids is 1. The Morgan fingerprint density at radius 2 is 1.74 bits per heavy atom. The number of nitrogens with one attached hydrogen (secondary N) is 3. The van der Waals surface area contributed by atoms with Crippen LogP contribution < -0.4 is 20.3 Å². The molecular formula is C19H32N4O3S. The standard InChI is InChI=1S/C19H32N4O3S/c1-19(2,3)27(25,26)21-11-5-4-6-18(24)22-16-7-9-17(10-8-16)23-14-12-20-13-15-23/h7-10,20-21H,4-6,11-15H2,1-3H3,(H,22,24). The van der Waals surface area contributed by atoms with E-state index in [9.17, 15) is 13.2 Å². The van der Waals surface area contributed by atoms with E-state index in [1.807, 2.05) is 24.3 Å². The van der Waals surface area contributed by atoms with Gasteiger partial charge in [0.25, 0.3) is 0 Å². The molecule has 1 aromatic carbocycles. The number of carbonyl (C=O) groups is 1. The third-order valence-electron chi connectivity index (χ3n) is 4.56. The minimum atomic E-state index is -3.32. The van der Waals surface area contributed by atoms with Gasteiger partial charge in [0, 0.05) is 50.5 Å². The Bertz CT molecular complexity index is 705. The van der Waals surface area contributed by atoms with Crippen LogP contribution in [0, 0.1) is 0 Å². The molecule has 0 aliphatic carbocycles. The van der Waals surface area contributed by atoms with E-state index in [2.05, 4.69) is 20.3 Å². The molecule has 8 heteroatoms. The second-order valence-corrected chi connectivity index (χ2v) is 10.3. The summed E-state index contributed by atoms with van der Waals surface area (Å²) in [5.41, 5.74) is 1.95. The van der Waals surface area contributed by atoms with E-state index in [4.69, 9.17) is 0 Å². The highest BCUT2D eigenvalue weighted by molar-refractivity contribution is 7.90. The maximum atomic E-state index is 12.0. The highest BCUT2D eigenvalue weighted by Gasteiger charge is 2.27. The van der Waals surface area contributed by atoms with Crippen LogP contribution in [-0.2, 0) is 14.8 Å². The van der Waals surface area contributed by atoms with Crippen molar-refractivity contribution < 1.29 is 13.2 Å². The highest BCUT2D eigenvalue weighted by atomic mass is 32.2. The zero-order valence-corrected chi connectivity index (χ0v) is 17.4. The van der Waals surface area contributed by atoms with Crippen LogP contribution in [-0.4, -0.2) is 51.8 Å². The number of rotatable bonds is 8. The first kappa shape index (κ1) is 21.7. The third kappa shape index (κ3) is 6.79. The van der Waals surface area contributed by atoms with E-state index in [0.29, 0.717) is 25.8 Å². The quantitative estimate of drug-likeness (QED) is 0.584. The first-order valence-corrected chi connectivity index (χ1v) is 11.0. The predicted molar refractivity (Wildman–Crippen MR) is 111 cm³/mol. The van der Waals surface area contributed by atoms with Gasteiger partial charge in [0.15, 0.2) is 0 Å². The van der Waals surface area contributed by atoms with Crippen molar-refractivity contribution in [2.75, 3.05) is 42.9 Å². The molecule has 0 saturated carbocycles. The summed E-state index contributed by atoms with van der Waals surface area (Å²) in [5.74, 6) is -0.0522. The van der Waals surface area contributed by atoms with E-state index in [0.717, 1.165) is 31.9 Å². The molecule has 1 aromatic rings. The second-order valence-electron chi connectivity index (χ2n) is 7.80. The predicted octanol–water partition coefficient (Wildman–Crippen LogP) is 1.92. The molecule has 0 aromatic heterocycles. The maximum absolute atomic E-state index is 12.0. The van der Waals surface area contributed by atoms with Crippen molar-refractivity contribution in [3.8, 4) is 0 Å². The van der Waals surface area contributed by atoms with Crippen LogP contribution >= 0.6 is 0 Å². The van der Waals surface area contributed by atoms with Crippen LogP contribution in [0.25, 0.3) is 0 Å². The molecule has 0 radical (unpaired) electrons. The average Bonchev–Trinajstić information content (AvgIpc) is 2.62. The van der Waals surface area contributed by atoms with Crippen LogP contribution in [0.15, 0.2) is 24.3 Å². The second kappa shape index (κ2) is 9.52. The first-order chi connectivity index (χ1) is 12.7. The Balaban J connectivity index is 1.68. The summed E-state index contributed by atoms with van der Waals surface area (Å²) in [7, 11) is -3.32. The number of anilines is 2. The molecule has 0 atom stereocenters. The summed E-state index contributed by atoms with van der Waals surface area (Å²) >= 11 is 0. The van der Waals surface area contributed by atoms with Crippen molar-refractivity contribution in [2.45, 2.75) is 44.8 Å². The fraction of sp³-hybridized carbons (Fsp3) is 0.632. The molecule has 3 N–H and O–H groups in total. The van der Waals surface area contributed by atoms with Gasteiger partial charge in [-0.3, -0.25) is 4.79 Å². The van der Waals surface area contributed by atoms with Gasteiger partial charge in [-0.25, -0.2) is 13.1 Å². The van der Waals surface area contributed by atoms with Gasteiger partial charge < -0.3 is 15.5 Å². The molecule has 0 spiro atoms. The van der Waals surface area contributed by atoms with Crippen molar-refractivity contribution >= 4 is 27.3 Å². The fourth-order valence-electron chi connectivity index (χ4n) is 2.74. The summed E-state index contributed by atoms with van der Waals surface area (Å²) in [6.45, 7) is 9.30. The van der Waals surface area contributed by atoms with Gasteiger partial charge in [0.05, 0.1) is 4.75 Å². The van der Waals surface area contributed by atoms with E-state index in [1.54, 1.807) is 20.8 Å². The van der Waals surface area contributed by atoms with Crippen LogP contribution in [0.5, 0.6) is 0 Å². The molecule has 1 amide bonds. The lowest BCUT2D eigenvalue weighted by Gasteiger charge is -2.29. The minimum absolute atomic E-state index is 0.0522. The van der Waals surface area contributed by atoms with Crippen LogP contribution in [0.2, 0.25) is 0 Å². The van der Waals surface area contributed by atoms with E-state index >= 15 is 0 Å². The summed E-state index contributed by atoms with van der Waals surface area (Å²) in [5, 5.41) is 6.22.